The van der Waals surface area contributed by atoms with E-state index in [0.717, 1.165) is 4.88 Å². The maximum Gasteiger partial charge on any atom is 0.340 e. The van der Waals surface area contributed by atoms with Gasteiger partial charge in [-0.05, 0) is 18.1 Å². The Hall–Kier alpha value is -4.19. The summed E-state index contributed by atoms with van der Waals surface area (Å²) in [6.07, 6.45) is 1.25. The Morgan fingerprint density at radius 3 is 2.73 bits per heavy atom. The number of methoxy groups -OCH3 is 1. The normalized spacial score (nSPS) is 11.0. The highest BCUT2D eigenvalue weighted by Crippen LogP contribution is 2.34. The van der Waals surface area contributed by atoms with Crippen molar-refractivity contribution >= 4 is 39.7 Å². The summed E-state index contributed by atoms with van der Waals surface area (Å²) in [5.41, 5.74) is 0.990. The topological polar surface area (TPSA) is 142 Å². The van der Waals surface area contributed by atoms with Crippen LogP contribution in [0.15, 0.2) is 42.7 Å². The molecule has 0 fully saturated rings. The molecule has 12 heteroatoms. The lowest BCUT2D eigenvalue weighted by molar-refractivity contribution is -0.384. The van der Waals surface area contributed by atoms with Crippen molar-refractivity contribution in [3.8, 4) is 11.3 Å². The number of nitrogens with zero attached hydrogens (tertiary/aromatic N) is 5. The van der Waals surface area contributed by atoms with E-state index in [1.807, 2.05) is 13.8 Å². The summed E-state index contributed by atoms with van der Waals surface area (Å²) in [6.45, 7) is 3.96. The van der Waals surface area contributed by atoms with Crippen molar-refractivity contribution in [3.05, 3.63) is 69.0 Å². The SMILES string of the molecule is COC(=O)c1cc(C(C)C)sc1NC(=O)c1cc(-c2cccc([N+](=O)[O-])c2)nc2ncnn12. The molecule has 4 rings (SSSR count). The average molecular weight is 466 g/mol. The Labute approximate surface area is 191 Å². The number of ether oxygens (including phenoxy) is 1. The predicted molar refractivity (Wildman–Crippen MR) is 121 cm³/mol. The first kappa shape index (κ1) is 22.0. The average Bonchev–Trinajstić information content (AvgIpc) is 3.45. The molecule has 0 bridgehead atoms. The number of hydrogen-bond donors (Lipinski definition) is 1. The molecule has 11 nitrogen and oxygen atoms in total. The number of thiophene rings is 1. The molecular weight excluding hydrogens is 448 g/mol. The third-order valence-electron chi connectivity index (χ3n) is 4.79. The van der Waals surface area contributed by atoms with Crippen molar-refractivity contribution in [2.24, 2.45) is 0 Å². The number of anilines is 1. The molecule has 0 spiro atoms. The van der Waals surface area contributed by atoms with Gasteiger partial charge in [0.2, 0.25) is 0 Å². The van der Waals surface area contributed by atoms with Crippen LogP contribution in [0, 0.1) is 10.1 Å². The summed E-state index contributed by atoms with van der Waals surface area (Å²) >= 11 is 1.28. The summed E-state index contributed by atoms with van der Waals surface area (Å²) in [6, 6.07) is 9.07. The van der Waals surface area contributed by atoms with E-state index < -0.39 is 16.8 Å². The number of hydrogen-bond acceptors (Lipinski definition) is 9. The van der Waals surface area contributed by atoms with Gasteiger partial charge in [0.05, 0.1) is 23.3 Å². The summed E-state index contributed by atoms with van der Waals surface area (Å²) in [5, 5.41) is 18.3. The zero-order chi connectivity index (χ0) is 23.7. The molecule has 3 aromatic heterocycles. The van der Waals surface area contributed by atoms with Gasteiger partial charge in [0.15, 0.2) is 0 Å². The lowest BCUT2D eigenvalue weighted by atomic mass is 10.1. The van der Waals surface area contributed by atoms with Gasteiger partial charge in [0.25, 0.3) is 17.4 Å². The van der Waals surface area contributed by atoms with E-state index >= 15 is 0 Å². The number of carbonyl (C=O) groups is 2. The lowest BCUT2D eigenvalue weighted by Gasteiger charge is -2.09. The number of nitrogens with one attached hydrogen (secondary N) is 1. The summed E-state index contributed by atoms with van der Waals surface area (Å²) in [5.74, 6) is -0.827. The van der Waals surface area contributed by atoms with Crippen molar-refractivity contribution in [2.45, 2.75) is 19.8 Å². The highest BCUT2D eigenvalue weighted by atomic mass is 32.1. The summed E-state index contributed by atoms with van der Waals surface area (Å²) < 4.78 is 6.10. The first-order valence-electron chi connectivity index (χ1n) is 9.77. The number of esters is 1. The van der Waals surface area contributed by atoms with Crippen LogP contribution in [0.2, 0.25) is 0 Å². The molecule has 0 radical (unpaired) electrons. The smallest absolute Gasteiger partial charge is 0.340 e. The van der Waals surface area contributed by atoms with Gasteiger partial charge >= 0.3 is 5.97 Å². The van der Waals surface area contributed by atoms with Crippen LogP contribution >= 0.6 is 11.3 Å². The number of carbonyl (C=O) groups excluding carboxylic acids is 2. The first-order chi connectivity index (χ1) is 15.8. The number of nitro groups is 1. The Balaban J connectivity index is 1.77. The fourth-order valence-electron chi connectivity index (χ4n) is 3.12. The van der Waals surface area contributed by atoms with Crippen molar-refractivity contribution in [3.63, 3.8) is 0 Å². The molecule has 0 saturated carbocycles. The van der Waals surface area contributed by atoms with Gasteiger partial charge in [-0.1, -0.05) is 26.0 Å². The van der Waals surface area contributed by atoms with E-state index in [4.69, 9.17) is 4.74 Å². The van der Waals surface area contributed by atoms with E-state index in [0.29, 0.717) is 16.3 Å². The van der Waals surface area contributed by atoms with Crippen LogP contribution in [0.1, 0.15) is 45.5 Å². The molecule has 0 aliphatic rings. The first-order valence-corrected chi connectivity index (χ1v) is 10.6. The van der Waals surface area contributed by atoms with Crippen molar-refractivity contribution in [1.29, 1.82) is 0 Å². The number of rotatable bonds is 6. The molecule has 0 saturated heterocycles. The van der Waals surface area contributed by atoms with Crippen LogP contribution in [0.4, 0.5) is 10.7 Å². The van der Waals surface area contributed by atoms with Gasteiger partial charge in [-0.25, -0.2) is 9.78 Å². The minimum absolute atomic E-state index is 0.0920. The maximum atomic E-state index is 13.2. The van der Waals surface area contributed by atoms with Crippen molar-refractivity contribution in [1.82, 2.24) is 19.6 Å². The summed E-state index contributed by atoms with van der Waals surface area (Å²) in [4.78, 5) is 45.4. The number of amides is 1. The van der Waals surface area contributed by atoms with Crippen molar-refractivity contribution < 1.29 is 19.2 Å². The fourth-order valence-corrected chi connectivity index (χ4v) is 4.16. The van der Waals surface area contributed by atoms with Crippen molar-refractivity contribution in [2.75, 3.05) is 12.4 Å². The molecule has 168 valence electrons. The third-order valence-corrected chi connectivity index (χ3v) is 6.14. The second-order valence-corrected chi connectivity index (χ2v) is 8.38. The molecule has 1 aromatic carbocycles. The van der Waals surface area contributed by atoms with Gasteiger partial charge in [-0.15, -0.1) is 11.3 Å². The standard InChI is InChI=1S/C21H18N6O5S/c1-11(2)17-8-14(20(29)32-3)19(33-17)25-18(28)16-9-15(24-21-22-10-23-26(16)21)12-5-4-6-13(7-12)27(30)31/h4-11H,1-3H3,(H,25,28). The number of non-ortho nitro benzene ring substituents is 1. The zero-order valence-corrected chi connectivity index (χ0v) is 18.6. The number of benzene rings is 1. The highest BCUT2D eigenvalue weighted by Gasteiger charge is 2.23. The van der Waals surface area contributed by atoms with Gasteiger partial charge in [-0.2, -0.15) is 14.6 Å². The second kappa shape index (κ2) is 8.74. The second-order valence-electron chi connectivity index (χ2n) is 7.30. The molecule has 0 aliphatic heterocycles. The molecular formula is C21H18N6O5S. The molecule has 33 heavy (non-hydrogen) atoms. The van der Waals surface area contributed by atoms with E-state index in [2.05, 4.69) is 20.4 Å². The zero-order valence-electron chi connectivity index (χ0n) is 17.8. The Bertz CT molecular complexity index is 1390. The number of aromatic nitrogens is 4. The molecule has 3 heterocycles. The Kier molecular flexibility index (Phi) is 5.84. The largest absolute Gasteiger partial charge is 0.465 e. The minimum Gasteiger partial charge on any atom is -0.465 e. The maximum absolute atomic E-state index is 13.2. The monoisotopic (exact) mass is 466 g/mol. The van der Waals surface area contributed by atoms with Crippen LogP contribution in [0.25, 0.3) is 17.0 Å². The predicted octanol–water partition coefficient (Wildman–Crippen LogP) is 3.92. The van der Waals surface area contributed by atoms with Gasteiger partial charge < -0.3 is 10.1 Å². The van der Waals surface area contributed by atoms with Crippen LogP contribution in [0.3, 0.4) is 0 Å². The third kappa shape index (κ3) is 4.28. The van der Waals surface area contributed by atoms with Crippen LogP contribution in [0.5, 0.6) is 0 Å². The molecule has 0 atom stereocenters. The molecule has 4 aromatic rings. The van der Waals surface area contributed by atoms with E-state index in [1.54, 1.807) is 12.1 Å². The molecule has 1 N–H and O–H groups in total. The number of fused-ring (bicyclic) bond motifs is 1. The van der Waals surface area contributed by atoms with Crippen LogP contribution in [-0.4, -0.2) is 43.5 Å². The Morgan fingerprint density at radius 2 is 2.03 bits per heavy atom. The molecule has 0 aliphatic carbocycles. The highest BCUT2D eigenvalue weighted by molar-refractivity contribution is 7.16. The van der Waals surface area contributed by atoms with E-state index in [9.17, 15) is 19.7 Å². The molecule has 0 unspecified atom stereocenters. The quantitative estimate of drug-likeness (QED) is 0.256. The van der Waals surface area contributed by atoms with Crippen LogP contribution in [-0.2, 0) is 4.74 Å². The Morgan fingerprint density at radius 1 is 1.24 bits per heavy atom. The minimum atomic E-state index is -0.564. The van der Waals surface area contributed by atoms with Gasteiger partial charge in [0.1, 0.15) is 17.0 Å². The number of nitro benzene ring substituents is 1. The summed E-state index contributed by atoms with van der Waals surface area (Å²) in [7, 11) is 1.27. The lowest BCUT2D eigenvalue weighted by Crippen LogP contribution is -2.18. The van der Waals surface area contributed by atoms with E-state index in [1.165, 1.54) is 53.6 Å². The fraction of sp³-hybridized carbons (Fsp3) is 0.190. The van der Waals surface area contributed by atoms with Gasteiger partial charge in [0, 0.05) is 22.6 Å². The van der Waals surface area contributed by atoms with E-state index in [-0.39, 0.29) is 28.6 Å². The van der Waals surface area contributed by atoms with Crippen LogP contribution < -0.4 is 5.32 Å². The molecule has 1 amide bonds. The van der Waals surface area contributed by atoms with Gasteiger partial charge in [-0.3, -0.25) is 14.9 Å².